The van der Waals surface area contributed by atoms with Gasteiger partial charge in [0.2, 0.25) is 0 Å². The Morgan fingerprint density at radius 1 is 0.524 bits per heavy atom. The molecule has 42 heavy (non-hydrogen) atoms. The van der Waals surface area contributed by atoms with E-state index in [1.54, 1.807) is 0 Å². The number of hydrogen-bond acceptors (Lipinski definition) is 6. The van der Waals surface area contributed by atoms with Gasteiger partial charge in [-0.25, -0.2) is 0 Å². The van der Waals surface area contributed by atoms with E-state index in [2.05, 4.69) is 47.8 Å². The quantitative estimate of drug-likeness (QED) is 0.138. The van der Waals surface area contributed by atoms with Crippen LogP contribution >= 0.6 is 47.8 Å². The van der Waals surface area contributed by atoms with Gasteiger partial charge in [0.25, 0.3) is 17.6 Å². The van der Waals surface area contributed by atoms with E-state index in [1.165, 1.54) is 20.8 Å². The van der Waals surface area contributed by atoms with Crippen molar-refractivity contribution < 1.29 is 41.8 Å². The minimum absolute atomic E-state index is 0.181. The molecule has 3 saturated heterocycles. The average Bonchev–Trinajstić information content (AvgIpc) is 2.73. The van der Waals surface area contributed by atoms with Crippen LogP contribution in [0.1, 0.15) is 102 Å². The van der Waals surface area contributed by atoms with E-state index in [1.807, 2.05) is 62.3 Å². The van der Waals surface area contributed by atoms with Crippen LogP contribution in [0, 0.1) is 34.0 Å². The van der Waals surface area contributed by atoms with E-state index in [0.29, 0.717) is 19.3 Å². The van der Waals surface area contributed by atoms with Gasteiger partial charge < -0.3 is 14.2 Å². The molecular weight excluding hydrogens is 753 g/mol. The van der Waals surface area contributed by atoms with Crippen molar-refractivity contribution in [3.8, 4) is 0 Å². The number of esters is 3. The fourth-order valence-corrected chi connectivity index (χ4v) is 6.06. The number of cyclic esters (lactones) is 3. The van der Waals surface area contributed by atoms with Crippen molar-refractivity contribution in [2.45, 2.75) is 134 Å². The molecule has 3 heterocycles. The molecule has 0 N–H and O–H groups in total. The zero-order valence-corrected chi connectivity index (χ0v) is 31.6. The zero-order chi connectivity index (χ0) is 33.4. The maximum atomic E-state index is 13.6. The topological polar surface area (TPSA) is 78.9 Å². The van der Waals surface area contributed by atoms with Gasteiger partial charge in [0.05, 0.1) is 32.2 Å². The first-order valence-corrected chi connectivity index (χ1v) is 16.9. The molecular formula is C30H48Br3F3O6. The summed E-state index contributed by atoms with van der Waals surface area (Å²) in [5, 5.41) is 0. The molecule has 0 aromatic carbocycles. The molecule has 0 spiro atoms. The van der Waals surface area contributed by atoms with Crippen molar-refractivity contribution in [2.24, 2.45) is 34.0 Å². The van der Waals surface area contributed by atoms with Crippen molar-refractivity contribution in [1.29, 1.82) is 0 Å². The average molecular weight is 801 g/mol. The lowest BCUT2D eigenvalue weighted by atomic mass is 9.76. The first-order chi connectivity index (χ1) is 18.4. The lowest BCUT2D eigenvalue weighted by molar-refractivity contribution is -0.200. The number of carbonyl (C=O) groups excluding carboxylic acids is 3. The molecule has 0 aromatic heterocycles. The molecule has 3 aliphatic heterocycles. The van der Waals surface area contributed by atoms with Crippen molar-refractivity contribution in [1.82, 2.24) is 0 Å². The predicted octanol–water partition coefficient (Wildman–Crippen LogP) is 9.13. The number of halogens is 6. The van der Waals surface area contributed by atoms with Crippen LogP contribution in [0.15, 0.2) is 0 Å². The third-order valence-corrected chi connectivity index (χ3v) is 11.5. The molecule has 0 amide bonds. The van der Waals surface area contributed by atoms with Crippen molar-refractivity contribution in [3.63, 3.8) is 0 Å². The molecule has 3 aliphatic rings. The predicted molar refractivity (Wildman–Crippen MR) is 168 cm³/mol. The van der Waals surface area contributed by atoms with Crippen LogP contribution in [0.3, 0.4) is 0 Å². The van der Waals surface area contributed by atoms with Gasteiger partial charge in [0.1, 0.15) is 0 Å². The minimum atomic E-state index is -1.88. The monoisotopic (exact) mass is 798 g/mol. The van der Waals surface area contributed by atoms with E-state index < -0.39 is 50.0 Å². The first kappa shape index (κ1) is 39.7. The Bertz CT molecular complexity index is 859. The molecule has 3 fully saturated rings. The van der Waals surface area contributed by atoms with Crippen LogP contribution in [-0.2, 0) is 28.6 Å². The summed E-state index contributed by atoms with van der Waals surface area (Å²) < 4.78 is 55.1. The third kappa shape index (κ3) is 10.6. The highest BCUT2D eigenvalue weighted by atomic mass is 79.9. The summed E-state index contributed by atoms with van der Waals surface area (Å²) in [6, 6.07) is 0. The van der Waals surface area contributed by atoms with Gasteiger partial charge in [-0.15, -0.1) is 0 Å². The van der Waals surface area contributed by atoms with Crippen LogP contribution in [0.25, 0.3) is 0 Å². The SMILES string of the molecule is CC(C)(C)[C@H]1C[C@@H](Br)[C@](C)(F)OC1=O.CC(C)(C)[C@H]1C[C@H](Br)[C@@](C)(F)OC1=O.CC(C)(C)[C@H]1C[C@H](Br)[C@](C)(F)OC1=O. The first-order valence-electron chi connectivity index (χ1n) is 14.1. The van der Waals surface area contributed by atoms with Gasteiger partial charge in [-0.2, -0.15) is 13.2 Å². The standard InChI is InChI=1S/3C10H16BrFO2/c3*1-9(2,3)6-5-7(11)10(4,12)14-8(6)13/h3*6-7H,5H2,1-4H3/t6-,7+,10+;6-,7-,10+;6-,7-,10-/m000/s1. The van der Waals surface area contributed by atoms with Gasteiger partial charge >= 0.3 is 17.9 Å². The fraction of sp³-hybridized carbons (Fsp3) is 0.900. The Kier molecular flexibility index (Phi) is 12.8. The Morgan fingerprint density at radius 2 is 0.690 bits per heavy atom. The van der Waals surface area contributed by atoms with Gasteiger partial charge in [0, 0.05) is 20.8 Å². The summed E-state index contributed by atoms with van der Waals surface area (Å²) in [6.07, 6.45) is 1.44. The van der Waals surface area contributed by atoms with E-state index in [-0.39, 0.29) is 34.0 Å². The summed E-state index contributed by atoms with van der Waals surface area (Å²) >= 11 is 9.65. The molecule has 0 bridgehead atoms. The van der Waals surface area contributed by atoms with Crippen LogP contribution in [0.5, 0.6) is 0 Å². The second-order valence-corrected chi connectivity index (χ2v) is 18.4. The maximum absolute atomic E-state index is 13.6. The molecule has 246 valence electrons. The Labute approximate surface area is 274 Å². The Morgan fingerprint density at radius 3 is 0.833 bits per heavy atom. The molecule has 12 heteroatoms. The smallest absolute Gasteiger partial charge is 0.312 e. The Balaban J connectivity index is 0.000000315. The van der Waals surface area contributed by atoms with Crippen LogP contribution in [0.2, 0.25) is 0 Å². The van der Waals surface area contributed by atoms with Crippen LogP contribution < -0.4 is 0 Å². The lowest BCUT2D eigenvalue weighted by Crippen LogP contribution is -2.48. The Hall–Kier alpha value is -0.360. The molecule has 9 atom stereocenters. The highest BCUT2D eigenvalue weighted by Gasteiger charge is 2.51. The molecule has 0 saturated carbocycles. The molecule has 6 nitrogen and oxygen atoms in total. The number of hydrogen-bond donors (Lipinski definition) is 0. The summed E-state index contributed by atoms with van der Waals surface area (Å²) in [4.78, 5) is 33.3. The number of rotatable bonds is 0. The van der Waals surface area contributed by atoms with Gasteiger partial charge in [0.15, 0.2) is 0 Å². The number of alkyl halides is 6. The van der Waals surface area contributed by atoms with Gasteiger partial charge in [-0.1, -0.05) is 110 Å². The number of carbonyl (C=O) groups is 3. The zero-order valence-electron chi connectivity index (χ0n) is 26.8. The summed E-state index contributed by atoms with van der Waals surface area (Å²) in [6.45, 7) is 21.5. The van der Waals surface area contributed by atoms with E-state index in [9.17, 15) is 27.6 Å². The van der Waals surface area contributed by atoms with Crippen molar-refractivity contribution >= 4 is 65.7 Å². The largest absolute Gasteiger partial charge is 0.427 e. The second-order valence-electron chi connectivity index (χ2n) is 15.1. The normalized spacial score (nSPS) is 39.4. The summed E-state index contributed by atoms with van der Waals surface area (Å²) in [5.41, 5.74) is -0.543. The van der Waals surface area contributed by atoms with Crippen LogP contribution in [-0.4, -0.2) is 50.0 Å². The highest BCUT2D eigenvalue weighted by Crippen LogP contribution is 2.44. The van der Waals surface area contributed by atoms with Gasteiger partial charge in [-0.3, -0.25) is 14.4 Å². The van der Waals surface area contributed by atoms with Crippen LogP contribution in [0.4, 0.5) is 13.2 Å². The highest BCUT2D eigenvalue weighted by molar-refractivity contribution is 9.10. The molecule has 3 rings (SSSR count). The second kappa shape index (κ2) is 13.6. The lowest BCUT2D eigenvalue weighted by Gasteiger charge is -2.39. The molecule has 0 unspecified atom stereocenters. The van der Waals surface area contributed by atoms with Crippen molar-refractivity contribution in [2.75, 3.05) is 0 Å². The van der Waals surface area contributed by atoms with E-state index in [4.69, 9.17) is 14.2 Å². The van der Waals surface area contributed by atoms with Gasteiger partial charge in [-0.05, 0) is 35.5 Å². The minimum Gasteiger partial charge on any atom is -0.427 e. The summed E-state index contributed by atoms with van der Waals surface area (Å²) in [7, 11) is 0. The number of ether oxygens (including phenoxy) is 3. The molecule has 0 aromatic rings. The van der Waals surface area contributed by atoms with E-state index >= 15 is 0 Å². The fourth-order valence-electron chi connectivity index (χ4n) is 4.66. The third-order valence-electron chi connectivity index (χ3n) is 7.90. The summed E-state index contributed by atoms with van der Waals surface area (Å²) in [5.74, 6) is -7.65. The van der Waals surface area contributed by atoms with E-state index in [0.717, 1.165) is 0 Å². The molecule has 0 aliphatic carbocycles. The molecule has 0 radical (unpaired) electrons. The maximum Gasteiger partial charge on any atom is 0.312 e. The van der Waals surface area contributed by atoms with Crippen molar-refractivity contribution in [3.05, 3.63) is 0 Å².